The zero-order chi connectivity index (χ0) is 9.14. The second-order valence-corrected chi connectivity index (χ2v) is 2.64. The van der Waals surface area contributed by atoms with Crippen molar-refractivity contribution in [1.82, 2.24) is 10.6 Å². The quantitative estimate of drug-likeness (QED) is 0.407. The van der Waals surface area contributed by atoms with Crippen molar-refractivity contribution in [3.63, 3.8) is 0 Å². The summed E-state index contributed by atoms with van der Waals surface area (Å²) in [6.07, 6.45) is 0. The van der Waals surface area contributed by atoms with Crippen molar-refractivity contribution in [2.75, 3.05) is 13.2 Å². The van der Waals surface area contributed by atoms with Crippen LogP contribution in [0.2, 0.25) is 0 Å². The van der Waals surface area contributed by atoms with Gasteiger partial charge in [0.15, 0.2) is 5.11 Å². The Morgan fingerprint density at radius 2 is 2.33 bits per heavy atom. The SMILES string of the molecule is O=C(O)C1=C(CO)NC(=S)NC1. The van der Waals surface area contributed by atoms with E-state index in [4.69, 9.17) is 22.4 Å². The third-order valence-electron chi connectivity index (χ3n) is 1.47. The number of aliphatic hydroxyl groups excluding tert-OH is 1. The molecule has 0 aromatic heterocycles. The van der Waals surface area contributed by atoms with Gasteiger partial charge in [0.1, 0.15) is 0 Å². The van der Waals surface area contributed by atoms with E-state index in [1.54, 1.807) is 0 Å². The first-order valence-electron chi connectivity index (χ1n) is 3.26. The minimum Gasteiger partial charge on any atom is -0.478 e. The lowest BCUT2D eigenvalue weighted by Gasteiger charge is -2.20. The summed E-state index contributed by atoms with van der Waals surface area (Å²) in [6.45, 7) is -0.194. The van der Waals surface area contributed by atoms with E-state index < -0.39 is 5.97 Å². The summed E-state index contributed by atoms with van der Waals surface area (Å²) in [5, 5.41) is 22.9. The molecule has 0 bridgehead atoms. The summed E-state index contributed by atoms with van der Waals surface area (Å²) in [6, 6.07) is 0. The van der Waals surface area contributed by atoms with Crippen LogP contribution in [0.5, 0.6) is 0 Å². The topological polar surface area (TPSA) is 81.6 Å². The molecule has 6 heteroatoms. The van der Waals surface area contributed by atoms with Gasteiger partial charge in [0.2, 0.25) is 0 Å². The number of rotatable bonds is 2. The Morgan fingerprint density at radius 1 is 1.67 bits per heavy atom. The van der Waals surface area contributed by atoms with Crippen LogP contribution in [0.1, 0.15) is 0 Å². The fraction of sp³-hybridized carbons (Fsp3) is 0.333. The molecule has 66 valence electrons. The Bertz CT molecular complexity index is 262. The molecule has 0 unspecified atom stereocenters. The Morgan fingerprint density at radius 3 is 2.83 bits per heavy atom. The van der Waals surface area contributed by atoms with Crippen LogP contribution in [0.3, 0.4) is 0 Å². The standard InChI is InChI=1S/C6H8N2O3S/c9-2-4-3(5(10)11)1-7-6(12)8-4/h9H,1-2H2,(H,10,11)(H2,7,8,12). The predicted molar refractivity (Wildman–Crippen MR) is 45.5 cm³/mol. The van der Waals surface area contributed by atoms with Crippen LogP contribution in [-0.2, 0) is 4.79 Å². The van der Waals surface area contributed by atoms with Crippen molar-refractivity contribution in [2.45, 2.75) is 0 Å². The number of aliphatic carboxylic acids is 1. The number of carbonyl (C=O) groups is 1. The number of carboxylic acid groups (broad SMARTS) is 1. The average molecular weight is 188 g/mol. The molecule has 1 heterocycles. The third-order valence-corrected chi connectivity index (χ3v) is 1.72. The fourth-order valence-corrected chi connectivity index (χ4v) is 1.07. The molecule has 0 radical (unpaired) electrons. The van der Waals surface area contributed by atoms with Crippen LogP contribution < -0.4 is 10.6 Å². The van der Waals surface area contributed by atoms with Crippen LogP contribution in [0, 0.1) is 0 Å². The Kier molecular flexibility index (Phi) is 2.61. The number of hydrogen-bond acceptors (Lipinski definition) is 3. The van der Waals surface area contributed by atoms with Gasteiger partial charge in [0.05, 0.1) is 24.4 Å². The molecule has 4 N–H and O–H groups in total. The van der Waals surface area contributed by atoms with Gasteiger partial charge < -0.3 is 20.8 Å². The van der Waals surface area contributed by atoms with Gasteiger partial charge in [-0.25, -0.2) is 4.79 Å². The van der Waals surface area contributed by atoms with Crippen LogP contribution in [0.25, 0.3) is 0 Å². The summed E-state index contributed by atoms with van der Waals surface area (Å²) in [5.41, 5.74) is 0.373. The highest BCUT2D eigenvalue weighted by molar-refractivity contribution is 7.80. The maximum absolute atomic E-state index is 10.5. The molecule has 0 aliphatic carbocycles. The zero-order valence-corrected chi connectivity index (χ0v) is 6.94. The van der Waals surface area contributed by atoms with E-state index in [9.17, 15) is 4.79 Å². The van der Waals surface area contributed by atoms with E-state index in [2.05, 4.69) is 10.6 Å². The van der Waals surface area contributed by atoms with Gasteiger partial charge in [-0.1, -0.05) is 0 Å². The normalized spacial score (nSPS) is 16.9. The Balaban J connectivity index is 2.91. The molecule has 1 rings (SSSR count). The molecule has 0 atom stereocenters. The minimum absolute atomic E-state index is 0.117. The zero-order valence-electron chi connectivity index (χ0n) is 6.13. The molecule has 0 amide bonds. The van der Waals surface area contributed by atoms with Crippen molar-refractivity contribution in [3.05, 3.63) is 11.3 Å². The summed E-state index contributed by atoms with van der Waals surface area (Å²) >= 11 is 4.73. The molecule has 0 spiro atoms. The lowest BCUT2D eigenvalue weighted by molar-refractivity contribution is -0.132. The van der Waals surface area contributed by atoms with Crippen LogP contribution in [0.4, 0.5) is 0 Å². The molecular weight excluding hydrogens is 180 g/mol. The molecule has 1 aliphatic heterocycles. The molecule has 12 heavy (non-hydrogen) atoms. The van der Waals surface area contributed by atoms with Crippen molar-refractivity contribution < 1.29 is 15.0 Å². The third kappa shape index (κ3) is 1.72. The number of carboxylic acids is 1. The highest BCUT2D eigenvalue weighted by atomic mass is 32.1. The number of thiocarbonyl (C=S) groups is 1. The van der Waals surface area contributed by atoms with E-state index in [0.29, 0.717) is 5.11 Å². The fourth-order valence-electron chi connectivity index (χ4n) is 0.872. The van der Waals surface area contributed by atoms with Crippen molar-refractivity contribution in [1.29, 1.82) is 0 Å². The smallest absolute Gasteiger partial charge is 0.335 e. The van der Waals surface area contributed by atoms with Crippen LogP contribution in [-0.4, -0.2) is 34.4 Å². The van der Waals surface area contributed by atoms with E-state index in [1.165, 1.54) is 0 Å². The molecular formula is C6H8N2O3S. The summed E-state index contributed by atoms with van der Waals surface area (Å²) in [4.78, 5) is 10.5. The molecule has 0 saturated heterocycles. The second kappa shape index (κ2) is 3.51. The first kappa shape index (κ1) is 8.95. The average Bonchev–Trinajstić information content (AvgIpc) is 2.03. The van der Waals surface area contributed by atoms with Gasteiger partial charge >= 0.3 is 5.97 Å². The van der Waals surface area contributed by atoms with Gasteiger partial charge in [-0.3, -0.25) is 0 Å². The maximum Gasteiger partial charge on any atom is 0.335 e. The van der Waals surface area contributed by atoms with Gasteiger partial charge in [-0.15, -0.1) is 0 Å². The number of nitrogens with one attached hydrogen (secondary N) is 2. The first-order chi connectivity index (χ1) is 5.65. The lowest BCUT2D eigenvalue weighted by Crippen LogP contribution is -2.44. The minimum atomic E-state index is -1.05. The largest absolute Gasteiger partial charge is 0.478 e. The Hall–Kier alpha value is -1.14. The van der Waals surface area contributed by atoms with Crippen molar-refractivity contribution >= 4 is 23.3 Å². The van der Waals surface area contributed by atoms with Gasteiger partial charge in [0, 0.05) is 0 Å². The lowest BCUT2D eigenvalue weighted by atomic mass is 10.2. The molecule has 1 aliphatic rings. The number of aliphatic hydroxyl groups is 1. The van der Waals surface area contributed by atoms with E-state index in [1.807, 2.05) is 0 Å². The highest BCUT2D eigenvalue weighted by Gasteiger charge is 2.19. The maximum atomic E-state index is 10.5. The summed E-state index contributed by atoms with van der Waals surface area (Å²) < 4.78 is 0. The molecule has 0 fully saturated rings. The first-order valence-corrected chi connectivity index (χ1v) is 3.67. The number of hydrogen-bond donors (Lipinski definition) is 4. The van der Waals surface area contributed by atoms with E-state index in [-0.39, 0.29) is 24.4 Å². The predicted octanol–water partition coefficient (Wildman–Crippen LogP) is -1.20. The molecule has 0 saturated carbocycles. The Labute approximate surface area is 74.1 Å². The van der Waals surface area contributed by atoms with Crippen molar-refractivity contribution in [3.8, 4) is 0 Å². The molecule has 5 nitrogen and oxygen atoms in total. The van der Waals surface area contributed by atoms with Gasteiger partial charge in [-0.2, -0.15) is 0 Å². The highest BCUT2D eigenvalue weighted by Crippen LogP contribution is 2.04. The van der Waals surface area contributed by atoms with Crippen LogP contribution >= 0.6 is 12.2 Å². The summed E-state index contributed by atoms with van der Waals surface area (Å²) in [5.74, 6) is -1.05. The summed E-state index contributed by atoms with van der Waals surface area (Å²) in [7, 11) is 0. The van der Waals surface area contributed by atoms with Gasteiger partial charge in [-0.05, 0) is 12.2 Å². The van der Waals surface area contributed by atoms with E-state index in [0.717, 1.165) is 0 Å². The molecule has 0 aromatic carbocycles. The van der Waals surface area contributed by atoms with Gasteiger partial charge in [0.25, 0.3) is 0 Å². The van der Waals surface area contributed by atoms with E-state index >= 15 is 0 Å². The second-order valence-electron chi connectivity index (χ2n) is 2.23. The monoisotopic (exact) mass is 188 g/mol. The van der Waals surface area contributed by atoms with Crippen molar-refractivity contribution in [2.24, 2.45) is 0 Å². The van der Waals surface area contributed by atoms with Crippen LogP contribution in [0.15, 0.2) is 11.3 Å². The molecule has 0 aromatic rings.